The second-order valence-electron chi connectivity index (χ2n) is 8.86. The van der Waals surface area contributed by atoms with Crippen molar-refractivity contribution in [1.82, 2.24) is 5.32 Å². The van der Waals surface area contributed by atoms with Gasteiger partial charge in [-0.25, -0.2) is 4.79 Å². The Hall–Kier alpha value is -4.03. The molecule has 4 aromatic rings. The third-order valence-electron chi connectivity index (χ3n) is 6.56. The highest BCUT2D eigenvalue weighted by atomic mass is 16.5. The lowest BCUT2D eigenvalue weighted by atomic mass is 9.99. The molecule has 0 spiro atoms. The van der Waals surface area contributed by atoms with E-state index in [2.05, 4.69) is 59.6 Å². The van der Waals surface area contributed by atoms with Crippen molar-refractivity contribution in [3.05, 3.63) is 96.1 Å². The van der Waals surface area contributed by atoms with Crippen LogP contribution in [0.2, 0.25) is 0 Å². The van der Waals surface area contributed by atoms with Gasteiger partial charge in [0.2, 0.25) is 0 Å². The molecule has 0 amide bonds. The van der Waals surface area contributed by atoms with E-state index < -0.39 is 5.97 Å². The Bertz CT molecular complexity index is 1360. The smallest absolute Gasteiger partial charge is 0.339 e. The number of carboxylic acid groups (broad SMARTS) is 1. The van der Waals surface area contributed by atoms with Crippen molar-refractivity contribution in [2.24, 2.45) is 0 Å². The minimum absolute atomic E-state index is 0.0841. The van der Waals surface area contributed by atoms with E-state index in [-0.39, 0.29) is 23.5 Å². The van der Waals surface area contributed by atoms with Crippen LogP contribution < -0.4 is 15.0 Å². The van der Waals surface area contributed by atoms with Crippen molar-refractivity contribution in [1.29, 1.82) is 0 Å². The first kappa shape index (κ1) is 22.7. The Morgan fingerprint density at radius 2 is 1.83 bits per heavy atom. The quantitative estimate of drug-likeness (QED) is 0.314. The van der Waals surface area contributed by atoms with Gasteiger partial charge >= 0.3 is 5.97 Å². The van der Waals surface area contributed by atoms with Gasteiger partial charge in [-0.1, -0.05) is 54.6 Å². The first-order chi connectivity index (χ1) is 17.0. The van der Waals surface area contributed by atoms with Crippen molar-refractivity contribution in [3.8, 4) is 11.5 Å². The highest BCUT2D eigenvalue weighted by Gasteiger charge is 2.27. The summed E-state index contributed by atoms with van der Waals surface area (Å²) in [7, 11) is 0. The molecule has 0 aromatic heterocycles. The molecule has 1 aliphatic rings. The van der Waals surface area contributed by atoms with Gasteiger partial charge in [-0.15, -0.1) is 0 Å². The van der Waals surface area contributed by atoms with E-state index in [0.29, 0.717) is 12.2 Å². The summed E-state index contributed by atoms with van der Waals surface area (Å²) >= 11 is 0. The predicted molar refractivity (Wildman–Crippen MR) is 138 cm³/mol. The molecule has 178 valence electrons. The molecule has 0 aliphatic carbocycles. The molecule has 3 N–H and O–H groups in total. The summed E-state index contributed by atoms with van der Waals surface area (Å²) in [6.45, 7) is 3.52. The van der Waals surface area contributed by atoms with Crippen LogP contribution in [0.4, 0.5) is 11.4 Å². The average Bonchev–Trinajstić information content (AvgIpc) is 2.88. The van der Waals surface area contributed by atoms with Gasteiger partial charge in [-0.3, -0.25) is 0 Å². The zero-order valence-electron chi connectivity index (χ0n) is 19.5. The highest BCUT2D eigenvalue weighted by molar-refractivity contribution is 5.92. The Balaban J connectivity index is 1.31. The van der Waals surface area contributed by atoms with Crippen molar-refractivity contribution in [3.63, 3.8) is 0 Å². The SMILES string of the molecule is C[C@@H](NCCC1CN(c2ccc(O)c(C(=O)O)c2)c2ccccc2O1)c1cccc2ccccc12. The maximum atomic E-state index is 11.6. The van der Waals surface area contributed by atoms with Gasteiger partial charge < -0.3 is 25.2 Å². The molecule has 4 aromatic carbocycles. The fourth-order valence-electron chi connectivity index (χ4n) is 4.76. The Labute approximate surface area is 204 Å². The van der Waals surface area contributed by atoms with E-state index in [1.807, 2.05) is 24.3 Å². The van der Waals surface area contributed by atoms with Crippen molar-refractivity contribution < 1.29 is 19.7 Å². The van der Waals surface area contributed by atoms with Gasteiger partial charge in [0.1, 0.15) is 23.2 Å². The van der Waals surface area contributed by atoms with E-state index in [9.17, 15) is 15.0 Å². The number of rotatable bonds is 7. The second-order valence-corrected chi connectivity index (χ2v) is 8.86. The molecule has 1 unspecified atom stereocenters. The number of nitrogens with one attached hydrogen (secondary N) is 1. The topological polar surface area (TPSA) is 82.0 Å². The van der Waals surface area contributed by atoms with E-state index in [4.69, 9.17) is 4.74 Å². The first-order valence-electron chi connectivity index (χ1n) is 11.8. The summed E-state index contributed by atoms with van der Waals surface area (Å²) < 4.78 is 6.30. The van der Waals surface area contributed by atoms with Crippen LogP contribution in [0.25, 0.3) is 10.8 Å². The van der Waals surface area contributed by atoms with Gasteiger partial charge in [-0.2, -0.15) is 0 Å². The van der Waals surface area contributed by atoms with Crippen molar-refractivity contribution in [2.75, 3.05) is 18.0 Å². The van der Waals surface area contributed by atoms with Gasteiger partial charge in [0.05, 0.1) is 12.2 Å². The number of carboxylic acids is 1. The average molecular weight is 469 g/mol. The van der Waals surface area contributed by atoms with Gasteiger partial charge in [0.25, 0.3) is 0 Å². The summed E-state index contributed by atoms with van der Waals surface area (Å²) in [6.07, 6.45) is 0.697. The van der Waals surface area contributed by atoms with E-state index in [0.717, 1.165) is 24.4 Å². The molecular weight excluding hydrogens is 440 g/mol. The maximum absolute atomic E-state index is 11.6. The number of para-hydroxylation sites is 2. The molecule has 0 saturated carbocycles. The number of fused-ring (bicyclic) bond motifs is 2. The van der Waals surface area contributed by atoms with Crippen molar-refractivity contribution in [2.45, 2.75) is 25.5 Å². The van der Waals surface area contributed by atoms with Crippen LogP contribution in [-0.2, 0) is 0 Å². The predicted octanol–water partition coefficient (Wildman–Crippen LogP) is 5.88. The number of benzene rings is 4. The molecule has 1 heterocycles. The number of phenols is 1. The van der Waals surface area contributed by atoms with Crippen LogP contribution in [0, 0.1) is 0 Å². The molecule has 0 bridgehead atoms. The van der Waals surface area contributed by atoms with Crippen LogP contribution >= 0.6 is 0 Å². The van der Waals surface area contributed by atoms with Crippen LogP contribution in [0.15, 0.2) is 84.9 Å². The molecule has 2 atom stereocenters. The van der Waals surface area contributed by atoms with E-state index >= 15 is 0 Å². The highest BCUT2D eigenvalue weighted by Crippen LogP contribution is 2.39. The molecule has 1 aliphatic heterocycles. The fourth-order valence-corrected chi connectivity index (χ4v) is 4.76. The number of aromatic carboxylic acids is 1. The van der Waals surface area contributed by atoms with E-state index in [1.165, 1.54) is 28.5 Å². The number of ether oxygens (including phenoxy) is 1. The summed E-state index contributed by atoms with van der Waals surface area (Å²) in [5.74, 6) is -0.643. The summed E-state index contributed by atoms with van der Waals surface area (Å²) in [5, 5.41) is 25.5. The monoisotopic (exact) mass is 468 g/mol. The number of anilines is 2. The third-order valence-corrected chi connectivity index (χ3v) is 6.56. The largest absolute Gasteiger partial charge is 0.507 e. The lowest BCUT2D eigenvalue weighted by Crippen LogP contribution is -2.39. The van der Waals surface area contributed by atoms with Gasteiger partial charge in [0, 0.05) is 11.7 Å². The zero-order valence-corrected chi connectivity index (χ0v) is 19.5. The second kappa shape index (κ2) is 9.68. The van der Waals surface area contributed by atoms with Crippen LogP contribution in [-0.4, -0.2) is 35.4 Å². The number of carbonyl (C=O) groups is 1. The van der Waals surface area contributed by atoms with Crippen LogP contribution in [0.3, 0.4) is 0 Å². The fraction of sp³-hybridized carbons (Fsp3) is 0.207. The van der Waals surface area contributed by atoms with Crippen LogP contribution in [0.1, 0.15) is 35.3 Å². The first-order valence-corrected chi connectivity index (χ1v) is 11.8. The molecule has 0 saturated heterocycles. The number of hydrogen-bond donors (Lipinski definition) is 3. The minimum Gasteiger partial charge on any atom is -0.507 e. The number of hydrogen-bond acceptors (Lipinski definition) is 5. The number of nitrogens with zero attached hydrogens (tertiary/aromatic N) is 1. The summed E-state index contributed by atoms with van der Waals surface area (Å²) in [5.41, 5.74) is 2.74. The molecule has 6 nitrogen and oxygen atoms in total. The maximum Gasteiger partial charge on any atom is 0.339 e. The number of aromatic hydroxyl groups is 1. The zero-order chi connectivity index (χ0) is 24.4. The van der Waals surface area contributed by atoms with Crippen LogP contribution in [0.5, 0.6) is 11.5 Å². The third kappa shape index (κ3) is 4.66. The molecule has 35 heavy (non-hydrogen) atoms. The summed E-state index contributed by atoms with van der Waals surface area (Å²) in [6, 6.07) is 27.4. The Morgan fingerprint density at radius 3 is 2.69 bits per heavy atom. The van der Waals surface area contributed by atoms with Gasteiger partial charge in [-0.05, 0) is 66.6 Å². The molecule has 0 radical (unpaired) electrons. The molecule has 6 heteroatoms. The molecular formula is C29H28N2O4. The normalized spacial score (nSPS) is 15.9. The van der Waals surface area contributed by atoms with Gasteiger partial charge in [0.15, 0.2) is 0 Å². The summed E-state index contributed by atoms with van der Waals surface area (Å²) in [4.78, 5) is 13.6. The van der Waals surface area contributed by atoms with Crippen molar-refractivity contribution >= 4 is 28.1 Å². The lowest BCUT2D eigenvalue weighted by molar-refractivity contribution is 0.0693. The minimum atomic E-state index is -1.16. The Morgan fingerprint density at radius 1 is 1.06 bits per heavy atom. The molecule has 0 fully saturated rings. The van der Waals surface area contributed by atoms with E-state index in [1.54, 1.807) is 6.07 Å². The lowest BCUT2D eigenvalue weighted by Gasteiger charge is -2.36. The standard InChI is InChI=1S/C29H28N2O4/c1-19(23-10-6-8-20-7-2-3-9-24(20)23)30-16-15-22-18-31(26-11-4-5-12-28(26)35-22)21-13-14-27(32)25(17-21)29(33)34/h2-14,17,19,22,30,32H,15-16,18H2,1H3,(H,33,34)/t19-,22?/m1/s1. The Kier molecular flexibility index (Phi) is 6.29. The molecule has 5 rings (SSSR count).